The highest BCUT2D eigenvalue weighted by atomic mass is 19.1. The predicted octanol–water partition coefficient (Wildman–Crippen LogP) is 1.28. The first-order chi connectivity index (χ1) is 8.15. The van der Waals surface area contributed by atoms with Gasteiger partial charge in [-0.3, -0.25) is 0 Å². The van der Waals surface area contributed by atoms with E-state index in [9.17, 15) is 8.78 Å². The van der Waals surface area contributed by atoms with Crippen molar-refractivity contribution in [1.29, 1.82) is 0 Å². The third-order valence-electron chi connectivity index (χ3n) is 2.93. The fourth-order valence-electron chi connectivity index (χ4n) is 1.99. The van der Waals surface area contributed by atoms with Crippen LogP contribution in [0.2, 0.25) is 0 Å². The Labute approximate surface area is 99.8 Å². The standard InChI is InChI=1S/C12H17F2N3/c1-17-5-4-15-10(8-17)7-16-12-6-9(13)2-3-11(12)14/h2-3,6,10,15-16H,4-5,7-8H2,1H3. The van der Waals surface area contributed by atoms with Crippen molar-refractivity contribution < 1.29 is 8.78 Å². The number of piperazine rings is 1. The Morgan fingerprint density at radius 3 is 3.06 bits per heavy atom. The quantitative estimate of drug-likeness (QED) is 0.835. The number of anilines is 1. The maximum atomic E-state index is 13.3. The van der Waals surface area contributed by atoms with E-state index in [1.54, 1.807) is 0 Å². The normalized spacial score (nSPS) is 21.5. The molecule has 0 saturated carbocycles. The highest BCUT2D eigenvalue weighted by molar-refractivity contribution is 5.45. The first-order valence-corrected chi connectivity index (χ1v) is 5.76. The Kier molecular flexibility index (Phi) is 3.91. The Bertz CT molecular complexity index is 384. The molecule has 1 unspecified atom stereocenters. The molecule has 17 heavy (non-hydrogen) atoms. The second-order valence-corrected chi connectivity index (χ2v) is 4.42. The summed E-state index contributed by atoms with van der Waals surface area (Å²) in [5.41, 5.74) is 0.222. The fraction of sp³-hybridized carbons (Fsp3) is 0.500. The summed E-state index contributed by atoms with van der Waals surface area (Å²) in [6.45, 7) is 3.44. The van der Waals surface area contributed by atoms with Crippen LogP contribution in [0.15, 0.2) is 18.2 Å². The summed E-state index contributed by atoms with van der Waals surface area (Å²) in [7, 11) is 2.05. The molecule has 1 aromatic carbocycles. The van der Waals surface area contributed by atoms with Crippen molar-refractivity contribution in [2.24, 2.45) is 0 Å². The van der Waals surface area contributed by atoms with Crippen molar-refractivity contribution in [3.8, 4) is 0 Å². The molecule has 0 aliphatic carbocycles. The molecule has 0 amide bonds. The molecular formula is C12H17F2N3. The summed E-state index contributed by atoms with van der Waals surface area (Å²) in [6.07, 6.45) is 0. The minimum Gasteiger partial charge on any atom is -0.381 e. The molecule has 2 rings (SSSR count). The Morgan fingerprint density at radius 2 is 2.29 bits per heavy atom. The van der Waals surface area contributed by atoms with Gasteiger partial charge in [0.25, 0.3) is 0 Å². The summed E-state index contributed by atoms with van der Waals surface area (Å²) in [6, 6.07) is 3.70. The average molecular weight is 241 g/mol. The summed E-state index contributed by atoms with van der Waals surface area (Å²) in [5, 5.41) is 6.27. The smallest absolute Gasteiger partial charge is 0.146 e. The lowest BCUT2D eigenvalue weighted by atomic mass is 10.2. The first-order valence-electron chi connectivity index (χ1n) is 5.76. The molecule has 0 aromatic heterocycles. The van der Waals surface area contributed by atoms with E-state index in [1.807, 2.05) is 0 Å². The number of hydrogen-bond acceptors (Lipinski definition) is 3. The summed E-state index contributed by atoms with van der Waals surface area (Å²) < 4.78 is 26.3. The molecule has 0 bridgehead atoms. The van der Waals surface area contributed by atoms with Crippen LogP contribution in [0.3, 0.4) is 0 Å². The highest BCUT2D eigenvalue weighted by Crippen LogP contribution is 2.15. The first kappa shape index (κ1) is 12.3. The number of likely N-dealkylation sites (N-methyl/N-ethyl adjacent to an activating group) is 1. The minimum atomic E-state index is -0.428. The maximum absolute atomic E-state index is 13.3. The van der Waals surface area contributed by atoms with Gasteiger partial charge in [0.05, 0.1) is 5.69 Å². The van der Waals surface area contributed by atoms with E-state index in [1.165, 1.54) is 6.07 Å². The zero-order valence-electron chi connectivity index (χ0n) is 9.84. The van der Waals surface area contributed by atoms with Gasteiger partial charge >= 0.3 is 0 Å². The van der Waals surface area contributed by atoms with Crippen molar-refractivity contribution >= 4 is 5.69 Å². The van der Waals surface area contributed by atoms with Crippen molar-refractivity contribution in [3.63, 3.8) is 0 Å². The Hall–Kier alpha value is -1.20. The second kappa shape index (κ2) is 5.42. The Balaban J connectivity index is 1.90. The molecule has 1 saturated heterocycles. The van der Waals surface area contributed by atoms with E-state index >= 15 is 0 Å². The maximum Gasteiger partial charge on any atom is 0.146 e. The van der Waals surface area contributed by atoms with Gasteiger partial charge in [-0.1, -0.05) is 0 Å². The molecule has 0 radical (unpaired) electrons. The van der Waals surface area contributed by atoms with Gasteiger partial charge in [0.2, 0.25) is 0 Å². The third-order valence-corrected chi connectivity index (χ3v) is 2.93. The third kappa shape index (κ3) is 3.38. The van der Waals surface area contributed by atoms with E-state index in [2.05, 4.69) is 22.6 Å². The van der Waals surface area contributed by atoms with Crippen LogP contribution in [0.1, 0.15) is 0 Å². The van der Waals surface area contributed by atoms with Crippen LogP contribution in [0.4, 0.5) is 14.5 Å². The van der Waals surface area contributed by atoms with Crippen LogP contribution in [0.5, 0.6) is 0 Å². The number of hydrogen-bond donors (Lipinski definition) is 2. The van der Waals surface area contributed by atoms with E-state index in [0.717, 1.165) is 31.8 Å². The molecule has 94 valence electrons. The monoisotopic (exact) mass is 241 g/mol. The summed E-state index contributed by atoms with van der Waals surface area (Å²) >= 11 is 0. The van der Waals surface area contributed by atoms with Crippen LogP contribution in [0.25, 0.3) is 0 Å². The van der Waals surface area contributed by atoms with Gasteiger partial charge in [-0.2, -0.15) is 0 Å². The topological polar surface area (TPSA) is 27.3 Å². The SMILES string of the molecule is CN1CCNC(CNc2cc(F)ccc2F)C1. The van der Waals surface area contributed by atoms with Crippen LogP contribution in [0, 0.1) is 11.6 Å². The molecule has 1 aliphatic heterocycles. The second-order valence-electron chi connectivity index (χ2n) is 4.42. The van der Waals surface area contributed by atoms with Gasteiger partial charge in [0, 0.05) is 32.2 Å². The van der Waals surface area contributed by atoms with Crippen molar-refractivity contribution in [2.75, 3.05) is 38.5 Å². The van der Waals surface area contributed by atoms with E-state index in [-0.39, 0.29) is 11.7 Å². The van der Waals surface area contributed by atoms with Crippen molar-refractivity contribution in [2.45, 2.75) is 6.04 Å². The van der Waals surface area contributed by atoms with Crippen LogP contribution in [-0.4, -0.2) is 44.2 Å². The summed E-state index contributed by atoms with van der Waals surface area (Å²) in [4.78, 5) is 2.21. The van der Waals surface area contributed by atoms with Gasteiger partial charge in [-0.05, 0) is 25.2 Å². The number of nitrogens with zero attached hydrogens (tertiary/aromatic N) is 1. The summed E-state index contributed by atoms with van der Waals surface area (Å²) in [5.74, 6) is -0.849. The number of nitrogens with one attached hydrogen (secondary N) is 2. The lowest BCUT2D eigenvalue weighted by Gasteiger charge is -2.31. The van der Waals surface area contributed by atoms with Gasteiger partial charge in [0.1, 0.15) is 11.6 Å². The molecule has 3 nitrogen and oxygen atoms in total. The zero-order chi connectivity index (χ0) is 12.3. The number of rotatable bonds is 3. The molecular weight excluding hydrogens is 224 g/mol. The zero-order valence-corrected chi connectivity index (χ0v) is 9.84. The van der Waals surface area contributed by atoms with Crippen molar-refractivity contribution in [3.05, 3.63) is 29.8 Å². The molecule has 1 heterocycles. The van der Waals surface area contributed by atoms with Crippen LogP contribution in [-0.2, 0) is 0 Å². The van der Waals surface area contributed by atoms with Gasteiger partial charge < -0.3 is 15.5 Å². The van der Waals surface area contributed by atoms with Gasteiger partial charge in [0.15, 0.2) is 0 Å². The van der Waals surface area contributed by atoms with Crippen LogP contribution < -0.4 is 10.6 Å². The predicted molar refractivity (Wildman–Crippen MR) is 64.1 cm³/mol. The molecule has 1 aliphatic rings. The molecule has 1 atom stereocenters. The number of benzene rings is 1. The van der Waals surface area contributed by atoms with Gasteiger partial charge in [-0.25, -0.2) is 8.78 Å². The molecule has 2 N–H and O–H groups in total. The lowest BCUT2D eigenvalue weighted by Crippen LogP contribution is -2.51. The van der Waals surface area contributed by atoms with Crippen LogP contribution >= 0.6 is 0 Å². The van der Waals surface area contributed by atoms with Gasteiger partial charge in [-0.15, -0.1) is 0 Å². The van der Waals surface area contributed by atoms with Crippen molar-refractivity contribution in [1.82, 2.24) is 10.2 Å². The molecule has 0 spiro atoms. The largest absolute Gasteiger partial charge is 0.381 e. The Morgan fingerprint density at radius 1 is 1.47 bits per heavy atom. The van der Waals surface area contributed by atoms with E-state index in [0.29, 0.717) is 6.54 Å². The minimum absolute atomic E-state index is 0.222. The van der Waals surface area contributed by atoms with E-state index < -0.39 is 11.6 Å². The molecule has 1 aromatic rings. The average Bonchev–Trinajstić information content (AvgIpc) is 2.30. The molecule has 1 fully saturated rings. The lowest BCUT2D eigenvalue weighted by molar-refractivity contribution is 0.244. The number of halogens is 2. The van der Waals surface area contributed by atoms with E-state index in [4.69, 9.17) is 0 Å². The highest BCUT2D eigenvalue weighted by Gasteiger charge is 2.16. The molecule has 5 heteroatoms. The fourth-order valence-corrected chi connectivity index (χ4v) is 1.99.